The van der Waals surface area contributed by atoms with Gasteiger partial charge >= 0.3 is 5.97 Å². The van der Waals surface area contributed by atoms with Crippen LogP contribution in [-0.4, -0.2) is 34.1 Å². The zero-order valence-electron chi connectivity index (χ0n) is 11.2. The molecule has 1 aromatic rings. The molecule has 0 unspecified atom stereocenters. The third-order valence-electron chi connectivity index (χ3n) is 3.83. The Morgan fingerprint density at radius 3 is 2.27 bits per heavy atom. The van der Waals surface area contributed by atoms with E-state index in [1.807, 2.05) is 0 Å². The van der Waals surface area contributed by atoms with Crippen LogP contribution in [0.2, 0.25) is 0 Å². The predicted molar refractivity (Wildman–Crippen MR) is 74.1 cm³/mol. The third-order valence-corrected chi connectivity index (χ3v) is 3.83. The Bertz CT molecular complexity index is 668. The van der Waals surface area contributed by atoms with Crippen molar-refractivity contribution in [2.45, 2.75) is 12.2 Å². The second-order valence-electron chi connectivity index (χ2n) is 5.13. The van der Waals surface area contributed by atoms with Crippen molar-refractivity contribution in [3.8, 4) is 0 Å². The molecular weight excluding hydrogens is 292 g/mol. The summed E-state index contributed by atoms with van der Waals surface area (Å²) in [7, 11) is 0. The standard InChI is InChI=1S/C14H12N2O6/c17-13(15-7-1-3-8(4-2-7)16(20)21)11-9-5-6-10(22-9)12(11)14(18)19/h1-6,9-12H,(H,15,17)(H,18,19)/t9-,10+,11-,12-/m0/s1. The van der Waals surface area contributed by atoms with E-state index in [-0.39, 0.29) is 5.69 Å². The lowest BCUT2D eigenvalue weighted by Gasteiger charge is -2.20. The van der Waals surface area contributed by atoms with Crippen LogP contribution < -0.4 is 5.32 Å². The molecule has 2 aliphatic rings. The van der Waals surface area contributed by atoms with Crippen LogP contribution in [0.3, 0.4) is 0 Å². The first-order chi connectivity index (χ1) is 10.5. The molecule has 22 heavy (non-hydrogen) atoms. The van der Waals surface area contributed by atoms with E-state index in [1.165, 1.54) is 24.3 Å². The van der Waals surface area contributed by atoms with Gasteiger partial charge < -0.3 is 15.2 Å². The fourth-order valence-corrected chi connectivity index (χ4v) is 2.81. The third kappa shape index (κ3) is 2.33. The van der Waals surface area contributed by atoms with Crippen LogP contribution in [0.5, 0.6) is 0 Å². The van der Waals surface area contributed by atoms with Crippen molar-refractivity contribution in [1.29, 1.82) is 0 Å². The molecule has 114 valence electrons. The van der Waals surface area contributed by atoms with Crippen molar-refractivity contribution < 1.29 is 24.4 Å². The number of nitrogens with zero attached hydrogens (tertiary/aromatic N) is 1. The van der Waals surface area contributed by atoms with Crippen molar-refractivity contribution in [2.24, 2.45) is 11.8 Å². The van der Waals surface area contributed by atoms with E-state index in [0.29, 0.717) is 5.69 Å². The summed E-state index contributed by atoms with van der Waals surface area (Å²) < 4.78 is 5.43. The minimum Gasteiger partial charge on any atom is -0.481 e. The van der Waals surface area contributed by atoms with Gasteiger partial charge in [0.25, 0.3) is 5.69 Å². The number of anilines is 1. The minimum atomic E-state index is -1.08. The molecule has 2 bridgehead atoms. The lowest BCUT2D eigenvalue weighted by atomic mass is 9.82. The van der Waals surface area contributed by atoms with Crippen LogP contribution in [0.1, 0.15) is 0 Å². The van der Waals surface area contributed by atoms with E-state index in [9.17, 15) is 24.8 Å². The molecule has 0 aromatic heterocycles. The number of carboxylic acids is 1. The summed E-state index contributed by atoms with van der Waals surface area (Å²) in [6.45, 7) is 0. The molecule has 1 aromatic carbocycles. The average Bonchev–Trinajstić information content (AvgIpc) is 3.08. The van der Waals surface area contributed by atoms with Gasteiger partial charge in [-0.15, -0.1) is 0 Å². The summed E-state index contributed by atoms with van der Waals surface area (Å²) in [5.74, 6) is -3.30. The maximum absolute atomic E-state index is 12.3. The summed E-state index contributed by atoms with van der Waals surface area (Å²) in [5, 5.41) is 22.4. The van der Waals surface area contributed by atoms with E-state index < -0.39 is 40.8 Å². The highest BCUT2D eigenvalue weighted by Gasteiger charge is 2.53. The lowest BCUT2D eigenvalue weighted by molar-refractivity contribution is -0.384. The van der Waals surface area contributed by atoms with E-state index >= 15 is 0 Å². The van der Waals surface area contributed by atoms with Gasteiger partial charge in [0.2, 0.25) is 5.91 Å². The lowest BCUT2D eigenvalue weighted by Crippen LogP contribution is -2.39. The van der Waals surface area contributed by atoms with Gasteiger partial charge in [-0.2, -0.15) is 0 Å². The number of hydrogen-bond donors (Lipinski definition) is 2. The summed E-state index contributed by atoms with van der Waals surface area (Å²) in [6.07, 6.45) is 2.20. The molecule has 8 heteroatoms. The Balaban J connectivity index is 1.75. The smallest absolute Gasteiger partial charge is 0.310 e. The van der Waals surface area contributed by atoms with Crippen LogP contribution in [0.25, 0.3) is 0 Å². The van der Waals surface area contributed by atoms with E-state index in [4.69, 9.17) is 4.74 Å². The largest absolute Gasteiger partial charge is 0.481 e. The number of ether oxygens (including phenoxy) is 1. The first-order valence-electron chi connectivity index (χ1n) is 6.59. The number of nitro groups is 1. The fraction of sp³-hybridized carbons (Fsp3) is 0.286. The Hall–Kier alpha value is -2.74. The van der Waals surface area contributed by atoms with Gasteiger partial charge in [0.05, 0.1) is 23.0 Å². The number of amides is 1. The summed E-state index contributed by atoms with van der Waals surface area (Å²) >= 11 is 0. The van der Waals surface area contributed by atoms with Gasteiger partial charge in [0.1, 0.15) is 5.92 Å². The molecule has 1 amide bonds. The Kier molecular flexibility index (Phi) is 3.38. The number of carbonyl (C=O) groups excluding carboxylic acids is 1. The molecule has 8 nitrogen and oxygen atoms in total. The molecule has 2 N–H and O–H groups in total. The first kappa shape index (κ1) is 14.2. The molecular formula is C14H12N2O6. The fourth-order valence-electron chi connectivity index (χ4n) is 2.81. The summed E-state index contributed by atoms with van der Waals surface area (Å²) in [6, 6.07) is 5.33. The summed E-state index contributed by atoms with van der Waals surface area (Å²) in [4.78, 5) is 33.7. The number of hydrogen-bond acceptors (Lipinski definition) is 5. The van der Waals surface area contributed by atoms with Crippen LogP contribution >= 0.6 is 0 Å². The highest BCUT2D eigenvalue weighted by atomic mass is 16.6. The van der Waals surface area contributed by atoms with Crippen molar-refractivity contribution in [1.82, 2.24) is 0 Å². The monoisotopic (exact) mass is 304 g/mol. The van der Waals surface area contributed by atoms with E-state index in [1.54, 1.807) is 12.2 Å². The number of aliphatic carboxylic acids is 1. The molecule has 4 atom stereocenters. The van der Waals surface area contributed by atoms with Crippen LogP contribution in [0.4, 0.5) is 11.4 Å². The molecule has 0 spiro atoms. The van der Waals surface area contributed by atoms with Crippen LogP contribution in [0, 0.1) is 22.0 Å². The SMILES string of the molecule is O=C(Nc1ccc([N+](=O)[O-])cc1)[C@@H]1[C@@H](C(=O)O)[C@H]2C=C[C@@H]1O2. The van der Waals surface area contributed by atoms with Crippen molar-refractivity contribution in [3.05, 3.63) is 46.5 Å². The zero-order chi connectivity index (χ0) is 15.9. The van der Waals surface area contributed by atoms with Gasteiger partial charge in [0.15, 0.2) is 0 Å². The van der Waals surface area contributed by atoms with E-state index in [0.717, 1.165) is 0 Å². The highest BCUT2D eigenvalue weighted by molar-refractivity contribution is 5.96. The Labute approximate surface area is 124 Å². The predicted octanol–water partition coefficient (Wildman–Crippen LogP) is 1.19. The molecule has 2 heterocycles. The molecule has 0 saturated carbocycles. The maximum Gasteiger partial charge on any atom is 0.310 e. The van der Waals surface area contributed by atoms with Crippen LogP contribution in [0.15, 0.2) is 36.4 Å². The number of fused-ring (bicyclic) bond motifs is 2. The number of rotatable bonds is 4. The topological polar surface area (TPSA) is 119 Å². The quantitative estimate of drug-likeness (QED) is 0.490. The number of nitrogens with one attached hydrogen (secondary N) is 1. The minimum absolute atomic E-state index is 0.0902. The number of carbonyl (C=O) groups is 2. The van der Waals surface area contributed by atoms with Gasteiger partial charge in [-0.3, -0.25) is 19.7 Å². The van der Waals surface area contributed by atoms with E-state index in [2.05, 4.69) is 5.32 Å². The van der Waals surface area contributed by atoms with Gasteiger partial charge in [0, 0.05) is 17.8 Å². The molecule has 0 radical (unpaired) electrons. The molecule has 0 aliphatic carbocycles. The van der Waals surface area contributed by atoms with Crippen LogP contribution in [-0.2, 0) is 14.3 Å². The second kappa shape index (κ2) is 5.23. The van der Waals surface area contributed by atoms with Gasteiger partial charge in [-0.25, -0.2) is 0 Å². The van der Waals surface area contributed by atoms with Gasteiger partial charge in [-0.1, -0.05) is 12.2 Å². The zero-order valence-corrected chi connectivity index (χ0v) is 11.2. The Morgan fingerprint density at radius 2 is 1.73 bits per heavy atom. The average molecular weight is 304 g/mol. The first-order valence-corrected chi connectivity index (χ1v) is 6.59. The highest BCUT2D eigenvalue weighted by Crippen LogP contribution is 2.39. The van der Waals surface area contributed by atoms with Crippen molar-refractivity contribution >= 4 is 23.3 Å². The Morgan fingerprint density at radius 1 is 1.14 bits per heavy atom. The normalized spacial score (nSPS) is 28.5. The number of nitro benzene ring substituents is 1. The van der Waals surface area contributed by atoms with Gasteiger partial charge in [-0.05, 0) is 12.1 Å². The van der Waals surface area contributed by atoms with Crippen molar-refractivity contribution in [2.75, 3.05) is 5.32 Å². The number of benzene rings is 1. The molecule has 1 fully saturated rings. The number of non-ortho nitro benzene ring substituents is 1. The number of carboxylic acid groups (broad SMARTS) is 1. The molecule has 3 rings (SSSR count). The molecule has 1 saturated heterocycles. The molecule has 2 aliphatic heterocycles. The summed E-state index contributed by atoms with van der Waals surface area (Å²) in [5.41, 5.74) is 0.277. The second-order valence-corrected chi connectivity index (χ2v) is 5.13. The van der Waals surface area contributed by atoms with Crippen molar-refractivity contribution in [3.63, 3.8) is 0 Å². The maximum atomic E-state index is 12.3.